The second-order valence-electron chi connectivity index (χ2n) is 10.5. The van der Waals surface area contributed by atoms with Crippen LogP contribution in [0.2, 0.25) is 0 Å². The third kappa shape index (κ3) is 2.89. The quantitative estimate of drug-likeness (QED) is 0.834. The zero-order chi connectivity index (χ0) is 18.9. The molecule has 150 valence electrons. The van der Waals surface area contributed by atoms with Crippen molar-refractivity contribution in [2.75, 3.05) is 0 Å². The lowest BCUT2D eigenvalue weighted by molar-refractivity contribution is -0.136. The van der Waals surface area contributed by atoms with Crippen LogP contribution in [-0.4, -0.2) is 32.6 Å². The van der Waals surface area contributed by atoms with Crippen molar-refractivity contribution in [3.8, 4) is 0 Å². The predicted octanol–water partition coefficient (Wildman–Crippen LogP) is 3.68. The summed E-state index contributed by atoms with van der Waals surface area (Å²) in [7, 11) is 0. The van der Waals surface area contributed by atoms with Gasteiger partial charge in [-0.2, -0.15) is 0 Å². The van der Waals surface area contributed by atoms with Crippen LogP contribution >= 0.6 is 0 Å². The molecule has 2 atom stereocenters. The Morgan fingerprint density at radius 1 is 1.04 bits per heavy atom. The van der Waals surface area contributed by atoms with Gasteiger partial charge in [-0.15, -0.1) is 0 Å². The molecular formula is C23H31N3O2. The zero-order valence-corrected chi connectivity index (χ0v) is 16.6. The minimum absolute atomic E-state index is 0.0220. The smallest absolute Gasteiger partial charge is 0.254 e. The third-order valence-corrected chi connectivity index (χ3v) is 8.30. The molecule has 28 heavy (non-hydrogen) atoms. The number of nitrogens with one attached hydrogen (secondary N) is 1. The Bertz CT molecular complexity index is 783. The van der Waals surface area contributed by atoms with Gasteiger partial charge in [-0.25, -0.2) is 9.97 Å². The van der Waals surface area contributed by atoms with Gasteiger partial charge in [0.2, 0.25) is 0 Å². The second-order valence-corrected chi connectivity index (χ2v) is 10.5. The van der Waals surface area contributed by atoms with E-state index < -0.39 is 5.60 Å². The molecule has 0 spiro atoms. The molecule has 1 amide bonds. The van der Waals surface area contributed by atoms with E-state index >= 15 is 0 Å². The highest BCUT2D eigenvalue weighted by Crippen LogP contribution is 2.55. The van der Waals surface area contributed by atoms with Gasteiger partial charge < -0.3 is 10.4 Å². The van der Waals surface area contributed by atoms with Crippen LogP contribution in [-0.2, 0) is 0 Å². The molecule has 6 saturated carbocycles. The number of aromatic nitrogens is 2. The number of rotatable bonds is 4. The Labute approximate surface area is 166 Å². The molecule has 0 aliphatic heterocycles. The van der Waals surface area contributed by atoms with Gasteiger partial charge in [-0.1, -0.05) is 12.8 Å². The number of hydrogen-bond acceptors (Lipinski definition) is 4. The monoisotopic (exact) mass is 381 g/mol. The van der Waals surface area contributed by atoms with E-state index in [1.54, 1.807) is 0 Å². The Morgan fingerprint density at radius 2 is 1.75 bits per heavy atom. The van der Waals surface area contributed by atoms with E-state index in [1.165, 1.54) is 25.7 Å². The molecule has 1 heterocycles. The molecule has 5 heteroatoms. The molecule has 6 fully saturated rings. The van der Waals surface area contributed by atoms with Crippen LogP contribution < -0.4 is 5.32 Å². The van der Waals surface area contributed by atoms with E-state index in [2.05, 4.69) is 10.3 Å². The second kappa shape index (κ2) is 6.25. The average Bonchev–Trinajstić information content (AvgIpc) is 3.37. The van der Waals surface area contributed by atoms with Crippen molar-refractivity contribution in [1.82, 2.24) is 15.3 Å². The Balaban J connectivity index is 1.26. The molecule has 6 aliphatic carbocycles. The van der Waals surface area contributed by atoms with Gasteiger partial charge in [-0.3, -0.25) is 4.79 Å². The Morgan fingerprint density at radius 3 is 2.39 bits per heavy atom. The first-order valence-electron chi connectivity index (χ1n) is 11.5. The van der Waals surface area contributed by atoms with Crippen molar-refractivity contribution in [1.29, 1.82) is 0 Å². The maximum absolute atomic E-state index is 13.3. The predicted molar refractivity (Wildman–Crippen MR) is 105 cm³/mol. The zero-order valence-electron chi connectivity index (χ0n) is 16.6. The first-order chi connectivity index (χ1) is 13.6. The number of carbonyl (C=O) groups is 1. The highest BCUT2D eigenvalue weighted by atomic mass is 16.3. The van der Waals surface area contributed by atoms with Crippen LogP contribution in [0.25, 0.3) is 0 Å². The molecule has 2 unspecified atom stereocenters. The van der Waals surface area contributed by atoms with Gasteiger partial charge in [-0.05, 0) is 75.5 Å². The van der Waals surface area contributed by atoms with Gasteiger partial charge >= 0.3 is 0 Å². The van der Waals surface area contributed by atoms with Crippen LogP contribution in [0.3, 0.4) is 0 Å². The summed E-state index contributed by atoms with van der Waals surface area (Å²) in [6.45, 7) is 0. The largest absolute Gasteiger partial charge is 0.390 e. The van der Waals surface area contributed by atoms with Gasteiger partial charge in [0.25, 0.3) is 5.91 Å². The molecule has 4 bridgehead atoms. The summed E-state index contributed by atoms with van der Waals surface area (Å²) < 4.78 is 0. The molecule has 6 aliphatic rings. The van der Waals surface area contributed by atoms with Crippen LogP contribution in [0, 0.1) is 17.8 Å². The van der Waals surface area contributed by atoms with Gasteiger partial charge in [0, 0.05) is 24.1 Å². The minimum Gasteiger partial charge on any atom is -0.390 e. The molecule has 7 rings (SSSR count). The summed E-state index contributed by atoms with van der Waals surface area (Å²) in [5.41, 5.74) is 1.26. The van der Waals surface area contributed by atoms with Crippen molar-refractivity contribution in [2.45, 2.75) is 94.1 Å². The molecule has 0 aromatic carbocycles. The van der Waals surface area contributed by atoms with Crippen molar-refractivity contribution in [3.63, 3.8) is 0 Å². The fourth-order valence-corrected chi connectivity index (χ4v) is 7.08. The average molecular weight is 382 g/mol. The van der Waals surface area contributed by atoms with Crippen LogP contribution in [0.4, 0.5) is 0 Å². The van der Waals surface area contributed by atoms with Crippen molar-refractivity contribution in [2.24, 2.45) is 17.8 Å². The maximum atomic E-state index is 13.3. The summed E-state index contributed by atoms with van der Waals surface area (Å²) >= 11 is 0. The lowest BCUT2D eigenvalue weighted by Crippen LogP contribution is -2.61. The number of carbonyl (C=O) groups excluding carboxylic acids is 1. The van der Waals surface area contributed by atoms with Gasteiger partial charge in [0.15, 0.2) is 0 Å². The van der Waals surface area contributed by atoms with Crippen LogP contribution in [0.15, 0.2) is 6.20 Å². The van der Waals surface area contributed by atoms with E-state index in [4.69, 9.17) is 4.98 Å². The van der Waals surface area contributed by atoms with E-state index in [0.29, 0.717) is 35.2 Å². The fourth-order valence-electron chi connectivity index (χ4n) is 7.08. The minimum atomic E-state index is -0.457. The molecule has 2 N–H and O–H groups in total. The van der Waals surface area contributed by atoms with E-state index in [1.807, 2.05) is 6.20 Å². The van der Waals surface area contributed by atoms with Crippen LogP contribution in [0.5, 0.6) is 0 Å². The Kier molecular flexibility index (Phi) is 3.88. The van der Waals surface area contributed by atoms with Crippen molar-refractivity contribution >= 4 is 5.91 Å². The van der Waals surface area contributed by atoms with E-state index in [0.717, 1.165) is 56.5 Å². The van der Waals surface area contributed by atoms with Crippen molar-refractivity contribution in [3.05, 3.63) is 23.3 Å². The molecular weight excluding hydrogens is 350 g/mol. The molecule has 0 saturated heterocycles. The van der Waals surface area contributed by atoms with Crippen LogP contribution in [0.1, 0.15) is 104 Å². The van der Waals surface area contributed by atoms with E-state index in [9.17, 15) is 9.90 Å². The SMILES string of the molecule is O=C(N[C@H]1C2CC3CC1C[C@@](O)(C3)C2)c1cnc(C2CC2)nc1C1CCCC1. The first kappa shape index (κ1) is 17.4. The molecule has 1 aromatic heterocycles. The van der Waals surface area contributed by atoms with Gasteiger partial charge in [0.05, 0.1) is 16.9 Å². The number of nitrogens with zero attached hydrogens (tertiary/aromatic N) is 2. The summed E-state index contributed by atoms with van der Waals surface area (Å²) in [6, 6.07) is 0.212. The Hall–Kier alpha value is -1.49. The number of aliphatic hydroxyl groups is 1. The maximum Gasteiger partial charge on any atom is 0.254 e. The lowest BCUT2D eigenvalue weighted by Gasteiger charge is -2.58. The van der Waals surface area contributed by atoms with E-state index in [-0.39, 0.29) is 11.9 Å². The topological polar surface area (TPSA) is 75.1 Å². The first-order valence-corrected chi connectivity index (χ1v) is 11.5. The van der Waals surface area contributed by atoms with Gasteiger partial charge in [0.1, 0.15) is 5.82 Å². The summed E-state index contributed by atoms with van der Waals surface area (Å²) in [6.07, 6.45) is 14.0. The highest BCUT2D eigenvalue weighted by molar-refractivity contribution is 5.95. The number of amides is 1. The summed E-state index contributed by atoms with van der Waals surface area (Å²) in [5.74, 6) is 3.43. The molecule has 5 nitrogen and oxygen atoms in total. The fraction of sp³-hybridized carbons (Fsp3) is 0.783. The summed E-state index contributed by atoms with van der Waals surface area (Å²) in [4.78, 5) is 22.8. The number of hydrogen-bond donors (Lipinski definition) is 2. The molecule has 0 radical (unpaired) electrons. The summed E-state index contributed by atoms with van der Waals surface area (Å²) in [5, 5.41) is 14.2. The van der Waals surface area contributed by atoms with Crippen molar-refractivity contribution < 1.29 is 9.90 Å². The normalized spacial score (nSPS) is 39.5. The lowest BCUT2D eigenvalue weighted by atomic mass is 9.52. The highest BCUT2D eigenvalue weighted by Gasteiger charge is 2.55. The standard InChI is InChI=1S/C23H31N3O2/c27-22(26-19-16-7-13-8-17(19)11-23(28,9-13)10-16)18-12-24-21(15-5-6-15)25-20(18)14-3-1-2-4-14/h12-17,19,28H,1-11H2,(H,26,27)/t13?,16?,17?,19-,23+. The third-order valence-electron chi connectivity index (χ3n) is 8.30. The molecule has 1 aromatic rings.